The van der Waals surface area contributed by atoms with Crippen LogP contribution in [0.1, 0.15) is 59.4 Å². The van der Waals surface area contributed by atoms with Crippen LogP contribution in [-0.4, -0.2) is 23.1 Å². The second-order valence-corrected chi connectivity index (χ2v) is 9.17. The summed E-state index contributed by atoms with van der Waals surface area (Å²) in [6, 6.07) is 15.8. The summed E-state index contributed by atoms with van der Waals surface area (Å²) >= 11 is 0. The molecular formula is C25H33N3O3. The smallest absolute Gasteiger partial charge is 0.310 e. The van der Waals surface area contributed by atoms with Gasteiger partial charge in [-0.1, -0.05) is 43.7 Å². The van der Waals surface area contributed by atoms with Crippen LogP contribution in [0.3, 0.4) is 0 Å². The summed E-state index contributed by atoms with van der Waals surface area (Å²) in [7, 11) is 0. The number of rotatable bonds is 7. The molecule has 1 heterocycles. The number of hydrogen-bond donors (Lipinski definition) is 2. The average Bonchev–Trinajstić information content (AvgIpc) is 3.02. The Morgan fingerprint density at radius 2 is 1.71 bits per heavy atom. The molecule has 1 unspecified atom stereocenters. The Morgan fingerprint density at radius 3 is 2.32 bits per heavy atom. The van der Waals surface area contributed by atoms with Crippen LogP contribution in [0.2, 0.25) is 0 Å². The largest absolute Gasteiger partial charge is 0.460 e. The van der Waals surface area contributed by atoms with Crippen molar-refractivity contribution in [2.45, 2.75) is 71.7 Å². The van der Waals surface area contributed by atoms with Gasteiger partial charge in [0.15, 0.2) is 0 Å². The molecule has 0 saturated heterocycles. The molecule has 1 amide bonds. The molecule has 0 radical (unpaired) electrons. The quantitative estimate of drug-likeness (QED) is 0.591. The van der Waals surface area contributed by atoms with E-state index in [-0.39, 0.29) is 18.3 Å². The van der Waals surface area contributed by atoms with Gasteiger partial charge in [-0.15, -0.1) is 0 Å². The van der Waals surface area contributed by atoms with E-state index in [0.717, 1.165) is 35.5 Å². The molecule has 0 fully saturated rings. The maximum atomic E-state index is 12.6. The van der Waals surface area contributed by atoms with Gasteiger partial charge in [0.2, 0.25) is 5.91 Å². The first-order chi connectivity index (χ1) is 14.6. The van der Waals surface area contributed by atoms with E-state index in [2.05, 4.69) is 17.6 Å². The topological polar surface area (TPSA) is 70.7 Å². The highest BCUT2D eigenvalue weighted by Gasteiger charge is 2.39. The lowest BCUT2D eigenvalue weighted by molar-refractivity contribution is -0.155. The first kappa shape index (κ1) is 22.7. The lowest BCUT2D eigenvalue weighted by Gasteiger charge is -2.31. The zero-order chi connectivity index (χ0) is 22.6. The van der Waals surface area contributed by atoms with Gasteiger partial charge in [-0.05, 0) is 51.0 Å². The van der Waals surface area contributed by atoms with Gasteiger partial charge in [-0.2, -0.15) is 0 Å². The predicted molar refractivity (Wildman–Crippen MR) is 125 cm³/mol. The molecule has 0 aromatic heterocycles. The molecule has 31 heavy (non-hydrogen) atoms. The molecule has 0 bridgehead atoms. The average molecular weight is 424 g/mol. The number of carbonyl (C=O) groups excluding carboxylic acids is 2. The van der Waals surface area contributed by atoms with Crippen molar-refractivity contribution in [1.29, 1.82) is 0 Å². The normalized spacial score (nSPS) is 17.3. The monoisotopic (exact) mass is 423 g/mol. The van der Waals surface area contributed by atoms with Crippen LogP contribution in [0.4, 0.5) is 17.1 Å². The number of benzene rings is 2. The van der Waals surface area contributed by atoms with Gasteiger partial charge in [0.1, 0.15) is 11.3 Å². The van der Waals surface area contributed by atoms with E-state index >= 15 is 0 Å². The molecular weight excluding hydrogens is 390 g/mol. The number of esters is 1. The Balaban J connectivity index is 1.82. The van der Waals surface area contributed by atoms with Gasteiger partial charge >= 0.3 is 5.97 Å². The van der Waals surface area contributed by atoms with Crippen molar-refractivity contribution < 1.29 is 14.3 Å². The molecule has 1 atom stereocenters. The number of anilines is 3. The molecule has 1 aliphatic rings. The summed E-state index contributed by atoms with van der Waals surface area (Å²) in [5.74, 6) is -0.272. The highest BCUT2D eigenvalue weighted by Crippen LogP contribution is 2.40. The Kier molecular flexibility index (Phi) is 6.58. The van der Waals surface area contributed by atoms with Crippen LogP contribution in [0.15, 0.2) is 48.5 Å². The summed E-state index contributed by atoms with van der Waals surface area (Å²) in [6.45, 7) is 9.78. The van der Waals surface area contributed by atoms with E-state index in [1.54, 1.807) is 11.8 Å². The van der Waals surface area contributed by atoms with E-state index in [9.17, 15) is 9.59 Å². The molecule has 166 valence electrons. The van der Waals surface area contributed by atoms with Gasteiger partial charge in [0, 0.05) is 12.6 Å². The van der Waals surface area contributed by atoms with Crippen molar-refractivity contribution in [1.82, 2.24) is 0 Å². The molecule has 6 nitrogen and oxygen atoms in total. The van der Waals surface area contributed by atoms with Gasteiger partial charge in [-0.25, -0.2) is 0 Å². The third-order valence-corrected chi connectivity index (χ3v) is 5.17. The minimum atomic E-state index is -0.599. The fourth-order valence-electron chi connectivity index (χ4n) is 3.96. The lowest BCUT2D eigenvalue weighted by Crippen LogP contribution is -2.45. The van der Waals surface area contributed by atoms with Crippen LogP contribution in [-0.2, 0) is 20.9 Å². The highest BCUT2D eigenvalue weighted by atomic mass is 16.6. The van der Waals surface area contributed by atoms with E-state index in [0.29, 0.717) is 6.54 Å². The number of ether oxygens (including phenoxy) is 1. The predicted octanol–water partition coefficient (Wildman–Crippen LogP) is 5.31. The van der Waals surface area contributed by atoms with Gasteiger partial charge in [0.25, 0.3) is 0 Å². The third-order valence-electron chi connectivity index (χ3n) is 5.17. The zero-order valence-electron chi connectivity index (χ0n) is 19.1. The maximum Gasteiger partial charge on any atom is 0.310 e. The van der Waals surface area contributed by atoms with Gasteiger partial charge in [0.05, 0.1) is 24.3 Å². The van der Waals surface area contributed by atoms with Crippen LogP contribution in [0.25, 0.3) is 0 Å². The van der Waals surface area contributed by atoms with E-state index < -0.39 is 11.3 Å². The summed E-state index contributed by atoms with van der Waals surface area (Å²) in [5.41, 5.74) is 2.56. The number of nitrogens with zero attached hydrogens (tertiary/aromatic N) is 1. The lowest BCUT2D eigenvalue weighted by atomic mass is 10.0. The zero-order valence-corrected chi connectivity index (χ0v) is 19.1. The Morgan fingerprint density at radius 1 is 1.03 bits per heavy atom. The Labute approximate surface area is 185 Å². The van der Waals surface area contributed by atoms with Crippen LogP contribution in [0, 0.1) is 0 Å². The number of amides is 1. The molecule has 2 aromatic carbocycles. The van der Waals surface area contributed by atoms with Crippen molar-refractivity contribution in [2.24, 2.45) is 0 Å². The minimum Gasteiger partial charge on any atom is -0.460 e. The molecule has 2 N–H and O–H groups in total. The first-order valence-corrected chi connectivity index (χ1v) is 10.8. The molecule has 0 spiro atoms. The van der Waals surface area contributed by atoms with Crippen molar-refractivity contribution in [2.75, 3.05) is 15.5 Å². The fraction of sp³-hybridized carbons (Fsp3) is 0.440. The minimum absolute atomic E-state index is 0.0247. The Bertz CT molecular complexity index is 937. The summed E-state index contributed by atoms with van der Waals surface area (Å²) < 4.78 is 5.56. The third kappa shape index (κ3) is 5.78. The second kappa shape index (κ2) is 9.00. The van der Waals surface area contributed by atoms with Crippen molar-refractivity contribution >= 4 is 28.9 Å². The Hall–Kier alpha value is -3.02. The van der Waals surface area contributed by atoms with Gasteiger partial charge in [-0.3, -0.25) is 9.59 Å². The van der Waals surface area contributed by atoms with E-state index in [4.69, 9.17) is 4.74 Å². The SMILES string of the molecule is CCCC1(CC(=O)OC(C)(C)C)Nc2ccc(N(Cc3ccccc3)C(C)=O)cc2N1. The first-order valence-electron chi connectivity index (χ1n) is 10.8. The standard InChI is InChI=1S/C25H33N3O3/c1-6-14-25(16-23(30)31-24(3,4)5)26-21-13-12-20(15-22(21)27-25)28(18(2)29)17-19-10-8-7-9-11-19/h7-13,15,26-27H,6,14,16-17H2,1-5H3. The molecule has 6 heteroatoms. The molecule has 0 saturated carbocycles. The van der Waals surface area contributed by atoms with E-state index in [1.807, 2.05) is 69.3 Å². The summed E-state index contributed by atoms with van der Waals surface area (Å²) in [4.78, 5) is 26.7. The maximum absolute atomic E-state index is 12.6. The van der Waals surface area contributed by atoms with Crippen LogP contribution >= 0.6 is 0 Å². The fourth-order valence-corrected chi connectivity index (χ4v) is 3.96. The van der Waals surface area contributed by atoms with Crippen molar-refractivity contribution in [3.8, 4) is 0 Å². The molecule has 0 aliphatic carbocycles. The van der Waals surface area contributed by atoms with Crippen molar-refractivity contribution in [3.63, 3.8) is 0 Å². The summed E-state index contributed by atoms with van der Waals surface area (Å²) in [5, 5.41) is 7.01. The molecule has 3 rings (SSSR count). The number of nitrogens with one attached hydrogen (secondary N) is 2. The van der Waals surface area contributed by atoms with Crippen LogP contribution in [0.5, 0.6) is 0 Å². The summed E-state index contributed by atoms with van der Waals surface area (Å²) in [6.07, 6.45) is 1.87. The molecule has 2 aromatic rings. The van der Waals surface area contributed by atoms with Gasteiger partial charge < -0.3 is 20.3 Å². The number of carbonyl (C=O) groups is 2. The highest BCUT2D eigenvalue weighted by molar-refractivity contribution is 5.93. The number of fused-ring (bicyclic) bond motifs is 1. The van der Waals surface area contributed by atoms with E-state index in [1.165, 1.54) is 0 Å². The molecule has 1 aliphatic heterocycles. The van der Waals surface area contributed by atoms with Crippen LogP contribution < -0.4 is 15.5 Å². The van der Waals surface area contributed by atoms with Crippen molar-refractivity contribution in [3.05, 3.63) is 54.1 Å². The number of hydrogen-bond acceptors (Lipinski definition) is 5. The second-order valence-electron chi connectivity index (χ2n) is 9.17.